The van der Waals surface area contributed by atoms with Crippen LogP contribution in [0.4, 0.5) is 5.82 Å². The Morgan fingerprint density at radius 1 is 1.47 bits per heavy atom. The minimum absolute atomic E-state index is 0.234. The van der Waals surface area contributed by atoms with E-state index in [-0.39, 0.29) is 11.7 Å². The Balaban J connectivity index is 2.15. The number of furan rings is 1. The lowest BCUT2D eigenvalue weighted by Gasteiger charge is -2.08. The maximum Gasteiger partial charge on any atom is 0.292 e. The lowest BCUT2D eigenvalue weighted by molar-refractivity contribution is 0.0995. The van der Waals surface area contributed by atoms with Crippen LogP contribution in [0, 0.1) is 0 Å². The molecular weight excluding hydrogens is 220 g/mol. The van der Waals surface area contributed by atoms with Crippen molar-refractivity contribution in [2.24, 2.45) is 0 Å². The van der Waals surface area contributed by atoms with Gasteiger partial charge in [0.15, 0.2) is 17.3 Å². The summed E-state index contributed by atoms with van der Waals surface area (Å²) in [4.78, 5) is 15.8. The second-order valence-electron chi connectivity index (χ2n) is 3.21. The minimum Gasteiger partial charge on any atom is -0.490 e. The van der Waals surface area contributed by atoms with Crippen LogP contribution in [0.1, 0.15) is 17.5 Å². The lowest BCUT2D eigenvalue weighted by atomic mass is 10.4. The van der Waals surface area contributed by atoms with Crippen molar-refractivity contribution in [3.05, 3.63) is 42.5 Å². The van der Waals surface area contributed by atoms with Crippen molar-refractivity contribution in [1.29, 1.82) is 0 Å². The molecule has 2 aromatic rings. The second kappa shape index (κ2) is 5.16. The molecule has 88 valence electrons. The molecule has 0 atom stereocenters. The molecule has 0 radical (unpaired) electrons. The molecule has 2 heterocycles. The van der Waals surface area contributed by atoms with Gasteiger partial charge in [0.25, 0.3) is 5.91 Å². The number of aromatic nitrogens is 1. The van der Waals surface area contributed by atoms with E-state index in [2.05, 4.69) is 10.3 Å². The van der Waals surface area contributed by atoms with E-state index in [4.69, 9.17) is 9.15 Å². The van der Waals surface area contributed by atoms with Gasteiger partial charge in [-0.1, -0.05) is 0 Å². The number of hydrogen-bond donors (Lipinski definition) is 1. The highest BCUT2D eigenvalue weighted by Crippen LogP contribution is 2.21. The summed E-state index contributed by atoms with van der Waals surface area (Å²) in [5.74, 6) is 0.804. The number of rotatable bonds is 4. The molecule has 2 aromatic heterocycles. The summed E-state index contributed by atoms with van der Waals surface area (Å²) in [6.45, 7) is 2.38. The quantitative estimate of drug-likeness (QED) is 0.878. The largest absolute Gasteiger partial charge is 0.490 e. The Morgan fingerprint density at radius 3 is 3.06 bits per heavy atom. The molecule has 0 fully saturated rings. The molecule has 0 saturated heterocycles. The van der Waals surface area contributed by atoms with E-state index in [1.165, 1.54) is 6.26 Å². The average Bonchev–Trinajstić information content (AvgIpc) is 2.85. The second-order valence-corrected chi connectivity index (χ2v) is 3.21. The fraction of sp³-hybridized carbons (Fsp3) is 0.167. The van der Waals surface area contributed by atoms with Gasteiger partial charge in [0.05, 0.1) is 12.9 Å². The lowest BCUT2D eigenvalue weighted by Crippen LogP contribution is -2.13. The molecule has 0 aliphatic carbocycles. The number of carbonyl (C=O) groups is 1. The van der Waals surface area contributed by atoms with Gasteiger partial charge in [-0.05, 0) is 31.2 Å². The standard InChI is InChI=1S/C12H12N2O3/c1-2-16-9-5-3-7-13-11(9)14-12(15)10-6-4-8-17-10/h3-8H,2H2,1H3,(H,13,14,15). The highest BCUT2D eigenvalue weighted by Gasteiger charge is 2.12. The zero-order valence-electron chi connectivity index (χ0n) is 9.34. The van der Waals surface area contributed by atoms with Gasteiger partial charge in [0.2, 0.25) is 0 Å². The third-order valence-corrected chi connectivity index (χ3v) is 2.05. The number of carbonyl (C=O) groups excluding carboxylic acids is 1. The van der Waals surface area contributed by atoms with Crippen molar-refractivity contribution in [2.45, 2.75) is 6.92 Å². The maximum atomic E-state index is 11.7. The van der Waals surface area contributed by atoms with Crippen LogP contribution >= 0.6 is 0 Å². The van der Waals surface area contributed by atoms with Gasteiger partial charge in [-0.3, -0.25) is 4.79 Å². The zero-order chi connectivity index (χ0) is 12.1. The van der Waals surface area contributed by atoms with E-state index in [0.717, 1.165) is 0 Å². The first-order chi connectivity index (χ1) is 8.31. The number of nitrogens with one attached hydrogen (secondary N) is 1. The average molecular weight is 232 g/mol. The number of amides is 1. The van der Waals surface area contributed by atoms with Gasteiger partial charge < -0.3 is 14.5 Å². The summed E-state index contributed by atoms with van der Waals surface area (Å²) in [7, 11) is 0. The van der Waals surface area contributed by atoms with Crippen LogP contribution in [-0.2, 0) is 0 Å². The van der Waals surface area contributed by atoms with E-state index >= 15 is 0 Å². The molecule has 1 amide bonds. The maximum absolute atomic E-state index is 11.7. The van der Waals surface area contributed by atoms with Gasteiger partial charge in [-0.25, -0.2) is 4.98 Å². The molecule has 0 aromatic carbocycles. The molecule has 0 saturated carbocycles. The summed E-state index contributed by atoms with van der Waals surface area (Å²) in [6.07, 6.45) is 3.02. The Kier molecular flexibility index (Phi) is 3.40. The topological polar surface area (TPSA) is 64.4 Å². The molecule has 2 rings (SSSR count). The fourth-order valence-corrected chi connectivity index (χ4v) is 1.33. The van der Waals surface area contributed by atoms with Gasteiger partial charge >= 0.3 is 0 Å². The first-order valence-electron chi connectivity index (χ1n) is 5.24. The van der Waals surface area contributed by atoms with Gasteiger partial charge in [-0.15, -0.1) is 0 Å². The van der Waals surface area contributed by atoms with Gasteiger partial charge in [0.1, 0.15) is 0 Å². The molecule has 0 spiro atoms. The molecular formula is C12H12N2O3. The number of nitrogens with zero attached hydrogens (tertiary/aromatic N) is 1. The van der Waals surface area contributed by atoms with Crippen molar-refractivity contribution < 1.29 is 13.9 Å². The van der Waals surface area contributed by atoms with Crippen LogP contribution in [0.5, 0.6) is 5.75 Å². The first-order valence-corrected chi connectivity index (χ1v) is 5.24. The fourth-order valence-electron chi connectivity index (χ4n) is 1.33. The van der Waals surface area contributed by atoms with Crippen LogP contribution in [0.15, 0.2) is 41.1 Å². The molecule has 0 aliphatic rings. The molecule has 17 heavy (non-hydrogen) atoms. The van der Waals surface area contributed by atoms with E-state index in [1.54, 1.807) is 30.5 Å². The summed E-state index contributed by atoms with van der Waals surface area (Å²) in [6, 6.07) is 6.72. The van der Waals surface area contributed by atoms with Gasteiger partial charge in [-0.2, -0.15) is 0 Å². The Bertz CT molecular complexity index is 494. The van der Waals surface area contributed by atoms with E-state index in [9.17, 15) is 4.79 Å². The third kappa shape index (κ3) is 2.63. The van der Waals surface area contributed by atoms with Crippen molar-refractivity contribution in [3.8, 4) is 5.75 Å². The molecule has 1 N–H and O–H groups in total. The SMILES string of the molecule is CCOc1cccnc1NC(=O)c1ccco1. The molecule has 5 heteroatoms. The number of pyridine rings is 1. The van der Waals surface area contributed by atoms with Crippen molar-refractivity contribution in [3.63, 3.8) is 0 Å². The molecule has 0 aliphatic heterocycles. The van der Waals surface area contributed by atoms with Crippen molar-refractivity contribution >= 4 is 11.7 Å². The zero-order valence-corrected chi connectivity index (χ0v) is 9.34. The predicted octanol–water partition coefficient (Wildman–Crippen LogP) is 2.33. The smallest absolute Gasteiger partial charge is 0.292 e. The number of hydrogen-bond acceptors (Lipinski definition) is 4. The first kappa shape index (κ1) is 11.2. The Labute approximate surface area is 98.4 Å². The van der Waals surface area contributed by atoms with E-state index < -0.39 is 0 Å². The Morgan fingerprint density at radius 2 is 2.35 bits per heavy atom. The van der Waals surface area contributed by atoms with Crippen LogP contribution < -0.4 is 10.1 Å². The van der Waals surface area contributed by atoms with Crippen LogP contribution in [0.2, 0.25) is 0 Å². The summed E-state index contributed by atoms with van der Waals surface area (Å²) >= 11 is 0. The van der Waals surface area contributed by atoms with Crippen molar-refractivity contribution in [1.82, 2.24) is 4.98 Å². The number of ether oxygens (including phenoxy) is 1. The van der Waals surface area contributed by atoms with E-state index in [0.29, 0.717) is 18.2 Å². The van der Waals surface area contributed by atoms with Crippen LogP contribution in [0.3, 0.4) is 0 Å². The minimum atomic E-state index is -0.352. The molecule has 0 bridgehead atoms. The highest BCUT2D eigenvalue weighted by atomic mass is 16.5. The molecule has 5 nitrogen and oxygen atoms in total. The third-order valence-electron chi connectivity index (χ3n) is 2.05. The van der Waals surface area contributed by atoms with Crippen LogP contribution in [-0.4, -0.2) is 17.5 Å². The summed E-state index contributed by atoms with van der Waals surface area (Å²) < 4.78 is 10.3. The normalized spacial score (nSPS) is 9.94. The number of anilines is 1. The predicted molar refractivity (Wildman–Crippen MR) is 62.1 cm³/mol. The summed E-state index contributed by atoms with van der Waals surface area (Å²) in [5, 5.41) is 2.63. The summed E-state index contributed by atoms with van der Waals surface area (Å²) in [5.41, 5.74) is 0. The monoisotopic (exact) mass is 232 g/mol. The molecule has 0 unspecified atom stereocenters. The van der Waals surface area contributed by atoms with Gasteiger partial charge in [0, 0.05) is 6.20 Å². The van der Waals surface area contributed by atoms with E-state index in [1.807, 2.05) is 6.92 Å². The Hall–Kier alpha value is -2.30. The van der Waals surface area contributed by atoms with Crippen molar-refractivity contribution in [2.75, 3.05) is 11.9 Å². The highest BCUT2D eigenvalue weighted by molar-refractivity contribution is 6.02. The van der Waals surface area contributed by atoms with Crippen LogP contribution in [0.25, 0.3) is 0 Å².